The van der Waals surface area contributed by atoms with Crippen LogP contribution in [-0.4, -0.2) is 70.7 Å². The van der Waals surface area contributed by atoms with Crippen molar-refractivity contribution in [3.63, 3.8) is 0 Å². The van der Waals surface area contributed by atoms with Crippen molar-refractivity contribution in [2.24, 2.45) is 0 Å². The Morgan fingerprint density at radius 2 is 1.71 bits per heavy atom. The molecule has 0 spiro atoms. The number of amides is 2. The molecule has 1 N–H and O–H groups in total. The molecule has 8 nitrogen and oxygen atoms in total. The van der Waals surface area contributed by atoms with Crippen LogP contribution in [0, 0.1) is 11.6 Å². The molecule has 4 heterocycles. The van der Waals surface area contributed by atoms with Gasteiger partial charge in [0.05, 0.1) is 23.7 Å². The van der Waals surface area contributed by atoms with Gasteiger partial charge in [0.25, 0.3) is 11.8 Å². The van der Waals surface area contributed by atoms with Crippen LogP contribution in [0.15, 0.2) is 47.2 Å². The number of furan rings is 1. The number of nitrogens with zero attached hydrogens (tertiary/aromatic N) is 4. The van der Waals surface area contributed by atoms with E-state index < -0.39 is 11.6 Å². The number of rotatable bonds is 4. The lowest BCUT2D eigenvalue weighted by molar-refractivity contribution is 0.0517. The fourth-order valence-corrected chi connectivity index (χ4v) is 4.69. The summed E-state index contributed by atoms with van der Waals surface area (Å²) in [6.45, 7) is 3.06. The summed E-state index contributed by atoms with van der Waals surface area (Å²) in [4.78, 5) is 29.4. The molecule has 2 amide bonds. The summed E-state index contributed by atoms with van der Waals surface area (Å²) in [6.07, 6.45) is 4.49. The number of benzene rings is 1. The van der Waals surface area contributed by atoms with Crippen molar-refractivity contribution < 1.29 is 22.8 Å². The summed E-state index contributed by atoms with van der Waals surface area (Å²) in [7, 11) is 0. The Morgan fingerprint density at radius 3 is 2.35 bits per heavy atom. The van der Waals surface area contributed by atoms with Gasteiger partial charge in [-0.2, -0.15) is 5.10 Å². The molecule has 0 bridgehead atoms. The topological polar surface area (TPSA) is 83.6 Å². The van der Waals surface area contributed by atoms with Gasteiger partial charge >= 0.3 is 0 Å². The quantitative estimate of drug-likeness (QED) is 0.636. The molecule has 3 aromatic rings. The minimum absolute atomic E-state index is 0.00831. The van der Waals surface area contributed by atoms with E-state index in [1.54, 1.807) is 21.9 Å². The average Bonchev–Trinajstić information content (AvgIpc) is 3.55. The fourth-order valence-electron chi connectivity index (χ4n) is 4.69. The standard InChI is InChI=1S/C24H25F2N5O3/c25-17-3-4-20(19(26)14-17)31-22(16-5-7-27-8-6-16)18(15-28-31)23(32)29-9-11-30(12-10-29)24(33)21-2-1-13-34-21/h1-4,13-16,27H,5-12H2. The number of aromatic nitrogens is 2. The third kappa shape index (κ3) is 4.21. The Bertz CT molecular complexity index is 1180. The fraction of sp³-hybridized carbons (Fsp3) is 0.375. The van der Waals surface area contributed by atoms with Crippen LogP contribution in [0.1, 0.15) is 45.4 Å². The SMILES string of the molecule is O=C(c1ccco1)N1CCN(C(=O)c2cnn(-c3ccc(F)cc3F)c2C2CCNCC2)CC1. The molecule has 0 saturated carbocycles. The van der Waals surface area contributed by atoms with Gasteiger partial charge in [0.15, 0.2) is 11.6 Å². The number of hydrogen-bond donors (Lipinski definition) is 1. The lowest BCUT2D eigenvalue weighted by Gasteiger charge is -2.34. The predicted molar refractivity (Wildman–Crippen MR) is 119 cm³/mol. The summed E-state index contributed by atoms with van der Waals surface area (Å²) < 4.78 is 34.8. The second kappa shape index (κ2) is 9.38. The smallest absolute Gasteiger partial charge is 0.289 e. The highest BCUT2D eigenvalue weighted by Crippen LogP contribution is 2.32. The Hall–Kier alpha value is -3.53. The molecule has 0 unspecified atom stereocenters. The monoisotopic (exact) mass is 469 g/mol. The van der Waals surface area contributed by atoms with Gasteiger partial charge in [0, 0.05) is 38.2 Å². The number of halogens is 2. The maximum atomic E-state index is 14.6. The first-order chi connectivity index (χ1) is 16.5. The molecule has 1 aromatic carbocycles. The van der Waals surface area contributed by atoms with Gasteiger partial charge in [-0.3, -0.25) is 9.59 Å². The summed E-state index contributed by atoms with van der Waals surface area (Å²) in [5.41, 5.74) is 1.18. The first kappa shape index (κ1) is 22.3. The van der Waals surface area contributed by atoms with E-state index in [-0.39, 0.29) is 29.2 Å². The van der Waals surface area contributed by atoms with E-state index in [4.69, 9.17) is 4.42 Å². The van der Waals surface area contributed by atoms with Crippen LogP contribution in [0.3, 0.4) is 0 Å². The molecule has 2 aliphatic rings. The van der Waals surface area contributed by atoms with Crippen LogP contribution in [0.25, 0.3) is 5.69 Å². The molecule has 2 fully saturated rings. The van der Waals surface area contributed by atoms with Crippen molar-refractivity contribution in [2.75, 3.05) is 39.3 Å². The average molecular weight is 469 g/mol. The first-order valence-electron chi connectivity index (χ1n) is 11.4. The van der Waals surface area contributed by atoms with E-state index in [1.807, 2.05) is 0 Å². The van der Waals surface area contributed by atoms with Crippen LogP contribution in [0.5, 0.6) is 0 Å². The number of piperazine rings is 1. The minimum Gasteiger partial charge on any atom is -0.459 e. The van der Waals surface area contributed by atoms with Crippen LogP contribution in [-0.2, 0) is 0 Å². The molecular weight excluding hydrogens is 444 g/mol. The van der Waals surface area contributed by atoms with E-state index in [0.717, 1.165) is 32.0 Å². The van der Waals surface area contributed by atoms with Gasteiger partial charge in [-0.15, -0.1) is 0 Å². The number of nitrogens with one attached hydrogen (secondary N) is 1. The van der Waals surface area contributed by atoms with E-state index in [0.29, 0.717) is 37.4 Å². The van der Waals surface area contributed by atoms with Gasteiger partial charge < -0.3 is 19.5 Å². The predicted octanol–water partition coefficient (Wildman–Crippen LogP) is 2.81. The van der Waals surface area contributed by atoms with Crippen LogP contribution in [0.4, 0.5) is 8.78 Å². The Labute approximate surface area is 195 Å². The molecule has 5 rings (SSSR count). The molecule has 178 valence electrons. The minimum atomic E-state index is -0.734. The van der Waals surface area contributed by atoms with Crippen molar-refractivity contribution in [1.82, 2.24) is 24.9 Å². The van der Waals surface area contributed by atoms with Gasteiger partial charge in [-0.25, -0.2) is 13.5 Å². The van der Waals surface area contributed by atoms with Crippen LogP contribution < -0.4 is 5.32 Å². The largest absolute Gasteiger partial charge is 0.459 e. The van der Waals surface area contributed by atoms with Gasteiger partial charge in [0.1, 0.15) is 11.5 Å². The summed E-state index contributed by atoms with van der Waals surface area (Å²) >= 11 is 0. The van der Waals surface area contributed by atoms with Crippen LogP contribution in [0.2, 0.25) is 0 Å². The van der Waals surface area contributed by atoms with E-state index in [2.05, 4.69) is 10.4 Å². The molecule has 0 aliphatic carbocycles. The first-order valence-corrected chi connectivity index (χ1v) is 11.4. The second-order valence-corrected chi connectivity index (χ2v) is 8.54. The highest BCUT2D eigenvalue weighted by Gasteiger charge is 2.32. The normalized spacial score (nSPS) is 17.2. The van der Waals surface area contributed by atoms with Crippen molar-refractivity contribution >= 4 is 11.8 Å². The molecule has 2 saturated heterocycles. The van der Waals surface area contributed by atoms with Crippen molar-refractivity contribution in [3.05, 3.63) is 71.4 Å². The molecule has 34 heavy (non-hydrogen) atoms. The molecule has 10 heteroatoms. The maximum absolute atomic E-state index is 14.6. The summed E-state index contributed by atoms with van der Waals surface area (Å²) in [6, 6.07) is 6.63. The zero-order valence-electron chi connectivity index (χ0n) is 18.5. The summed E-state index contributed by atoms with van der Waals surface area (Å²) in [5.74, 6) is -1.53. The van der Waals surface area contributed by atoms with E-state index in [1.165, 1.54) is 29.3 Å². The molecule has 0 atom stereocenters. The highest BCUT2D eigenvalue weighted by atomic mass is 19.1. The molecule has 2 aliphatic heterocycles. The lowest BCUT2D eigenvalue weighted by Crippen LogP contribution is -2.50. The van der Waals surface area contributed by atoms with Gasteiger partial charge in [-0.1, -0.05) is 0 Å². The Balaban J connectivity index is 1.40. The lowest BCUT2D eigenvalue weighted by atomic mass is 9.91. The number of carbonyl (C=O) groups is 2. The van der Waals surface area contributed by atoms with E-state index in [9.17, 15) is 18.4 Å². The molecular formula is C24H25F2N5O3. The van der Waals surface area contributed by atoms with Gasteiger partial charge in [0.2, 0.25) is 0 Å². The Morgan fingerprint density at radius 1 is 1.00 bits per heavy atom. The highest BCUT2D eigenvalue weighted by molar-refractivity contribution is 5.96. The maximum Gasteiger partial charge on any atom is 0.289 e. The van der Waals surface area contributed by atoms with Crippen molar-refractivity contribution in [3.8, 4) is 5.69 Å². The third-order valence-electron chi connectivity index (χ3n) is 6.49. The van der Waals surface area contributed by atoms with Crippen molar-refractivity contribution in [1.29, 1.82) is 0 Å². The van der Waals surface area contributed by atoms with Gasteiger partial charge in [-0.05, 0) is 50.2 Å². The zero-order valence-corrected chi connectivity index (χ0v) is 18.5. The molecule has 2 aromatic heterocycles. The second-order valence-electron chi connectivity index (χ2n) is 8.54. The number of hydrogen-bond acceptors (Lipinski definition) is 5. The third-order valence-corrected chi connectivity index (χ3v) is 6.49. The van der Waals surface area contributed by atoms with Crippen LogP contribution >= 0.6 is 0 Å². The zero-order chi connectivity index (χ0) is 23.7. The van der Waals surface area contributed by atoms with E-state index >= 15 is 0 Å². The number of carbonyl (C=O) groups excluding carboxylic acids is 2. The number of piperidine rings is 1. The molecule has 0 radical (unpaired) electrons. The Kier molecular flexibility index (Phi) is 6.14. The summed E-state index contributed by atoms with van der Waals surface area (Å²) in [5, 5.41) is 7.65. The van der Waals surface area contributed by atoms with Crippen molar-refractivity contribution in [2.45, 2.75) is 18.8 Å².